The molecule has 1 aliphatic rings. The summed E-state index contributed by atoms with van der Waals surface area (Å²) in [6.45, 7) is 2.36. The van der Waals surface area contributed by atoms with Gasteiger partial charge in [-0.1, -0.05) is 11.6 Å². The fraction of sp³-hybridized carbons (Fsp3) is 0.353. The number of benzene rings is 1. The molecule has 1 aliphatic heterocycles. The molecule has 7 nitrogen and oxygen atoms in total. The number of aromatic nitrogens is 4. The van der Waals surface area contributed by atoms with Gasteiger partial charge in [0.25, 0.3) is 0 Å². The van der Waals surface area contributed by atoms with E-state index >= 15 is 0 Å². The van der Waals surface area contributed by atoms with Crippen molar-refractivity contribution in [2.75, 3.05) is 20.2 Å². The molecule has 1 saturated heterocycles. The maximum Gasteiger partial charge on any atom is 0.226 e. The molecule has 4 rings (SSSR count). The van der Waals surface area contributed by atoms with E-state index < -0.39 is 0 Å². The first-order valence-corrected chi connectivity index (χ1v) is 8.42. The highest BCUT2D eigenvalue weighted by molar-refractivity contribution is 6.30. The normalized spacial score (nSPS) is 21.0. The molecular formula is C17H18ClN5O2. The number of hydrogen-bond acceptors (Lipinski definition) is 6. The van der Waals surface area contributed by atoms with Gasteiger partial charge in [-0.3, -0.25) is 4.90 Å². The third-order valence-electron chi connectivity index (χ3n) is 4.49. The van der Waals surface area contributed by atoms with E-state index in [0.717, 1.165) is 30.0 Å². The van der Waals surface area contributed by atoms with E-state index in [1.165, 1.54) is 0 Å². The van der Waals surface area contributed by atoms with Gasteiger partial charge in [0.05, 0.1) is 23.7 Å². The maximum atomic E-state index is 5.92. The van der Waals surface area contributed by atoms with E-state index in [2.05, 4.69) is 25.3 Å². The van der Waals surface area contributed by atoms with Gasteiger partial charge in [0.2, 0.25) is 5.89 Å². The smallest absolute Gasteiger partial charge is 0.226 e. The largest absolute Gasteiger partial charge is 0.444 e. The number of ether oxygens (including phenoxy) is 1. The minimum atomic E-state index is 0.0905. The molecule has 1 aromatic carbocycles. The van der Waals surface area contributed by atoms with Crippen LogP contribution in [-0.2, 0) is 11.3 Å². The number of H-pyrrole nitrogens is 1. The second-order valence-corrected chi connectivity index (χ2v) is 6.56. The first kappa shape index (κ1) is 16.3. The van der Waals surface area contributed by atoms with Crippen LogP contribution in [0.2, 0.25) is 5.02 Å². The standard InChI is InChI=1S/C17H18ClN5O2/c1-24-16-9-23(8-14(16)15-6-19-22-21-15)7-13-10-25-17(20-13)11-2-4-12(18)5-3-11/h2-6,10,14,16H,7-9H2,1H3,(H,19,21,22)/t14-,16+/m0/s1. The zero-order valence-electron chi connectivity index (χ0n) is 13.7. The fourth-order valence-electron chi connectivity index (χ4n) is 3.23. The van der Waals surface area contributed by atoms with Crippen LogP contribution >= 0.6 is 11.6 Å². The predicted octanol–water partition coefficient (Wildman–Crippen LogP) is 2.73. The number of oxazole rings is 1. The topological polar surface area (TPSA) is 80.1 Å². The molecule has 130 valence electrons. The number of nitrogens with one attached hydrogen (secondary N) is 1. The summed E-state index contributed by atoms with van der Waals surface area (Å²) in [6, 6.07) is 7.45. The average Bonchev–Trinajstić information content (AvgIpc) is 3.36. The second-order valence-electron chi connectivity index (χ2n) is 6.12. The van der Waals surface area contributed by atoms with Crippen LogP contribution in [0.1, 0.15) is 17.3 Å². The van der Waals surface area contributed by atoms with Crippen molar-refractivity contribution in [1.29, 1.82) is 0 Å². The van der Waals surface area contributed by atoms with E-state index in [4.69, 9.17) is 20.8 Å². The Bertz CT molecular complexity index is 818. The van der Waals surface area contributed by atoms with Crippen LogP contribution in [0.3, 0.4) is 0 Å². The summed E-state index contributed by atoms with van der Waals surface area (Å²) >= 11 is 5.92. The molecule has 0 aliphatic carbocycles. The lowest BCUT2D eigenvalue weighted by molar-refractivity contribution is 0.0956. The van der Waals surface area contributed by atoms with Crippen LogP contribution in [-0.4, -0.2) is 51.6 Å². The fourth-order valence-corrected chi connectivity index (χ4v) is 3.35. The van der Waals surface area contributed by atoms with Crippen molar-refractivity contribution in [2.24, 2.45) is 0 Å². The molecule has 0 bridgehead atoms. The van der Waals surface area contributed by atoms with Crippen molar-refractivity contribution < 1.29 is 9.15 Å². The summed E-state index contributed by atoms with van der Waals surface area (Å²) in [6.07, 6.45) is 3.55. The Kier molecular flexibility index (Phi) is 4.52. The minimum Gasteiger partial charge on any atom is -0.444 e. The lowest BCUT2D eigenvalue weighted by Gasteiger charge is -2.13. The SMILES string of the molecule is CO[C@@H]1CN(Cc2coc(-c3ccc(Cl)cc3)n2)C[C@H]1c1cn[nH]n1. The predicted molar refractivity (Wildman–Crippen MR) is 92.1 cm³/mol. The molecule has 1 N–H and O–H groups in total. The first-order valence-electron chi connectivity index (χ1n) is 8.04. The lowest BCUT2D eigenvalue weighted by atomic mass is 10.0. The molecular weight excluding hydrogens is 342 g/mol. The quantitative estimate of drug-likeness (QED) is 0.754. The van der Waals surface area contributed by atoms with E-state index in [1.807, 2.05) is 24.3 Å². The second kappa shape index (κ2) is 6.95. The van der Waals surface area contributed by atoms with Crippen LogP contribution in [0.4, 0.5) is 0 Å². The van der Waals surface area contributed by atoms with Crippen molar-refractivity contribution in [2.45, 2.75) is 18.6 Å². The maximum absolute atomic E-state index is 5.92. The van der Waals surface area contributed by atoms with Crippen LogP contribution in [0.5, 0.6) is 0 Å². The summed E-state index contributed by atoms with van der Waals surface area (Å²) in [5.41, 5.74) is 2.73. The van der Waals surface area contributed by atoms with Crippen molar-refractivity contribution in [3.8, 4) is 11.5 Å². The zero-order valence-corrected chi connectivity index (χ0v) is 14.5. The van der Waals surface area contributed by atoms with Crippen molar-refractivity contribution in [3.63, 3.8) is 0 Å². The van der Waals surface area contributed by atoms with Crippen molar-refractivity contribution in [1.82, 2.24) is 25.3 Å². The summed E-state index contributed by atoms with van der Waals surface area (Å²) in [7, 11) is 1.73. The van der Waals surface area contributed by atoms with Gasteiger partial charge in [-0.2, -0.15) is 15.4 Å². The zero-order chi connectivity index (χ0) is 17.2. The van der Waals surface area contributed by atoms with Crippen LogP contribution in [0.15, 0.2) is 41.1 Å². The monoisotopic (exact) mass is 359 g/mol. The summed E-state index contributed by atoms with van der Waals surface area (Å²) < 4.78 is 11.2. The summed E-state index contributed by atoms with van der Waals surface area (Å²) in [5, 5.41) is 11.5. The van der Waals surface area contributed by atoms with Gasteiger partial charge < -0.3 is 9.15 Å². The minimum absolute atomic E-state index is 0.0905. The first-order chi connectivity index (χ1) is 12.2. The Balaban J connectivity index is 1.45. The van der Waals surface area contributed by atoms with E-state index in [-0.39, 0.29) is 12.0 Å². The molecule has 1 fully saturated rings. The highest BCUT2D eigenvalue weighted by Crippen LogP contribution is 2.29. The van der Waals surface area contributed by atoms with Crippen molar-refractivity contribution in [3.05, 3.63) is 53.1 Å². The molecule has 2 aromatic heterocycles. The summed E-state index contributed by atoms with van der Waals surface area (Å²) in [5.74, 6) is 0.800. The Hall–Kier alpha value is -2.22. The Morgan fingerprint density at radius 1 is 1.32 bits per heavy atom. The molecule has 0 amide bonds. The summed E-state index contributed by atoms with van der Waals surface area (Å²) in [4.78, 5) is 6.87. The number of nitrogens with zero attached hydrogens (tertiary/aromatic N) is 4. The number of likely N-dealkylation sites (tertiary alicyclic amines) is 1. The molecule has 2 atom stereocenters. The number of methoxy groups -OCH3 is 1. The van der Waals surface area contributed by atoms with Gasteiger partial charge in [0, 0.05) is 43.2 Å². The van der Waals surface area contributed by atoms with Gasteiger partial charge in [0.1, 0.15) is 6.26 Å². The van der Waals surface area contributed by atoms with Gasteiger partial charge >= 0.3 is 0 Å². The van der Waals surface area contributed by atoms with Gasteiger partial charge in [-0.25, -0.2) is 4.98 Å². The number of rotatable bonds is 5. The molecule has 0 radical (unpaired) electrons. The molecule has 0 saturated carbocycles. The van der Waals surface area contributed by atoms with E-state index in [0.29, 0.717) is 17.5 Å². The van der Waals surface area contributed by atoms with Crippen LogP contribution < -0.4 is 0 Å². The Morgan fingerprint density at radius 3 is 2.88 bits per heavy atom. The van der Waals surface area contributed by atoms with Gasteiger partial charge in [-0.15, -0.1) is 0 Å². The van der Waals surface area contributed by atoms with Gasteiger partial charge in [-0.05, 0) is 24.3 Å². The number of hydrogen-bond donors (Lipinski definition) is 1. The van der Waals surface area contributed by atoms with Crippen LogP contribution in [0.25, 0.3) is 11.5 Å². The third-order valence-corrected chi connectivity index (χ3v) is 4.74. The highest BCUT2D eigenvalue weighted by atomic mass is 35.5. The van der Waals surface area contributed by atoms with Crippen LogP contribution in [0, 0.1) is 0 Å². The molecule has 8 heteroatoms. The molecule has 25 heavy (non-hydrogen) atoms. The van der Waals surface area contributed by atoms with E-state index in [9.17, 15) is 0 Å². The van der Waals surface area contributed by atoms with Crippen molar-refractivity contribution >= 4 is 11.6 Å². The Labute approximate surface area is 150 Å². The Morgan fingerprint density at radius 2 is 2.16 bits per heavy atom. The average molecular weight is 360 g/mol. The number of aromatic amines is 1. The molecule has 0 unspecified atom stereocenters. The molecule has 0 spiro atoms. The highest BCUT2D eigenvalue weighted by Gasteiger charge is 2.35. The lowest BCUT2D eigenvalue weighted by Crippen LogP contribution is -2.22. The molecule has 3 heterocycles. The molecule has 3 aromatic rings. The van der Waals surface area contributed by atoms with E-state index in [1.54, 1.807) is 19.6 Å². The third kappa shape index (κ3) is 3.44. The number of halogens is 1. The van der Waals surface area contributed by atoms with Gasteiger partial charge in [0.15, 0.2) is 0 Å².